The number of carbonyl (C=O) groups is 4. The number of methoxy groups -OCH3 is 4. The number of hydrogen-bond acceptors (Lipinski definition) is 15. The lowest BCUT2D eigenvalue weighted by atomic mass is 9.88. The number of aromatic nitrogens is 2. The molecule has 0 bridgehead atoms. The van der Waals surface area contributed by atoms with Crippen molar-refractivity contribution in [2.24, 2.45) is 10.8 Å². The SMILES string of the molecule is COc1cc2nccc(Oc3ccc(CC(=O)C4(C(=O)Cc5ccc(F)c(O)c5)CC4)cc3)c2cc1OC.COc1cc2nccc(Oc3ccc(CC(=O)C4(C(=O)O)CC4)cc3)c2cc1OC.Nc1ccc(F)cc1O. The fourth-order valence-electron chi connectivity index (χ4n) is 8.50. The lowest BCUT2D eigenvalue weighted by Crippen LogP contribution is -2.28. The Morgan fingerprint density at radius 1 is 0.506 bits per heavy atom. The summed E-state index contributed by atoms with van der Waals surface area (Å²) in [6.07, 6.45) is 5.34. The van der Waals surface area contributed by atoms with E-state index in [-0.39, 0.29) is 48.0 Å². The maximum absolute atomic E-state index is 13.3. The Labute approximate surface area is 440 Å². The third kappa shape index (κ3) is 12.3. The van der Waals surface area contributed by atoms with Gasteiger partial charge in [0.05, 0.1) is 50.6 Å². The molecule has 0 spiro atoms. The van der Waals surface area contributed by atoms with Gasteiger partial charge in [-0.1, -0.05) is 30.3 Å². The largest absolute Gasteiger partial charge is 0.506 e. The minimum atomic E-state index is -1.18. The van der Waals surface area contributed by atoms with Crippen molar-refractivity contribution < 1.29 is 71.7 Å². The summed E-state index contributed by atoms with van der Waals surface area (Å²) in [4.78, 5) is 58.4. The average molecular weight is 1050 g/mol. The van der Waals surface area contributed by atoms with E-state index in [4.69, 9.17) is 39.3 Å². The number of nitrogens with zero attached hydrogens (tertiary/aromatic N) is 2. The van der Waals surface area contributed by atoms with E-state index in [2.05, 4.69) is 9.97 Å². The summed E-state index contributed by atoms with van der Waals surface area (Å²) in [6.45, 7) is 0. The minimum absolute atomic E-state index is 0.0249. The number of aromatic hydroxyl groups is 2. The number of carboxylic acids is 1. The van der Waals surface area contributed by atoms with Crippen LogP contribution in [0.5, 0.6) is 57.5 Å². The molecule has 2 aromatic heterocycles. The number of nitrogens with two attached hydrogens (primary N) is 1. The number of pyridine rings is 2. The van der Waals surface area contributed by atoms with E-state index >= 15 is 0 Å². The zero-order valence-electron chi connectivity index (χ0n) is 42.3. The first-order valence-corrected chi connectivity index (χ1v) is 24.1. The minimum Gasteiger partial charge on any atom is -0.506 e. The first-order chi connectivity index (χ1) is 37.0. The molecule has 396 valence electrons. The van der Waals surface area contributed by atoms with Crippen molar-refractivity contribution >= 4 is 50.8 Å². The van der Waals surface area contributed by atoms with Gasteiger partial charge in [-0.05, 0) is 115 Å². The second kappa shape index (κ2) is 23.1. The van der Waals surface area contributed by atoms with Crippen molar-refractivity contribution in [1.82, 2.24) is 9.97 Å². The van der Waals surface area contributed by atoms with Gasteiger partial charge in [0.2, 0.25) is 0 Å². The monoisotopic (exact) mass is 1050 g/mol. The van der Waals surface area contributed by atoms with Crippen LogP contribution in [-0.4, -0.2) is 77.0 Å². The summed E-state index contributed by atoms with van der Waals surface area (Å²) < 4.78 is 59.0. The van der Waals surface area contributed by atoms with Gasteiger partial charge in [0.15, 0.2) is 51.9 Å². The van der Waals surface area contributed by atoms with Crippen LogP contribution in [0.3, 0.4) is 0 Å². The summed E-state index contributed by atoms with van der Waals surface area (Å²) in [6, 6.07) is 32.2. The molecule has 0 atom stereocenters. The number of phenolic OH excluding ortho intramolecular Hbond substituents is 2. The van der Waals surface area contributed by atoms with Crippen LogP contribution < -0.4 is 34.2 Å². The highest BCUT2D eigenvalue weighted by Crippen LogP contribution is 2.49. The molecule has 0 unspecified atom stereocenters. The number of hydrogen-bond donors (Lipinski definition) is 4. The molecule has 2 aliphatic carbocycles. The van der Waals surface area contributed by atoms with Crippen molar-refractivity contribution in [3.63, 3.8) is 0 Å². The maximum atomic E-state index is 13.3. The molecule has 5 N–H and O–H groups in total. The summed E-state index contributed by atoms with van der Waals surface area (Å²) >= 11 is 0. The number of carbonyl (C=O) groups excluding carboxylic acids is 3. The van der Waals surface area contributed by atoms with Gasteiger partial charge >= 0.3 is 5.97 Å². The number of phenols is 2. The lowest BCUT2D eigenvalue weighted by Gasteiger charge is -2.14. The van der Waals surface area contributed by atoms with Crippen molar-refractivity contribution in [3.05, 3.63) is 162 Å². The number of anilines is 1. The second-order valence-corrected chi connectivity index (χ2v) is 18.3. The molecule has 0 radical (unpaired) electrons. The molecule has 0 aliphatic heterocycles. The zero-order chi connectivity index (χ0) is 55.0. The van der Waals surface area contributed by atoms with Gasteiger partial charge < -0.3 is 49.5 Å². The quantitative estimate of drug-likeness (QED) is 0.0355. The third-order valence-electron chi connectivity index (χ3n) is 13.3. The number of rotatable bonds is 18. The highest BCUT2D eigenvalue weighted by molar-refractivity contribution is 6.11. The van der Waals surface area contributed by atoms with E-state index in [9.17, 15) is 38.2 Å². The van der Waals surface area contributed by atoms with Gasteiger partial charge in [-0.15, -0.1) is 0 Å². The van der Waals surface area contributed by atoms with Crippen molar-refractivity contribution in [1.29, 1.82) is 0 Å². The van der Waals surface area contributed by atoms with Gasteiger partial charge in [-0.3, -0.25) is 29.1 Å². The molecule has 0 amide bonds. The molecule has 2 saturated carbocycles. The highest BCUT2D eigenvalue weighted by atomic mass is 19.1. The molecule has 10 rings (SSSR count). The summed E-state index contributed by atoms with van der Waals surface area (Å²) in [7, 11) is 6.26. The fraction of sp³-hybridized carbons (Fsp3) is 0.220. The van der Waals surface area contributed by atoms with Crippen molar-refractivity contribution in [2.45, 2.75) is 44.9 Å². The molecular formula is C59H53F2N3O13. The van der Waals surface area contributed by atoms with Crippen LogP contribution in [0.4, 0.5) is 14.5 Å². The maximum Gasteiger partial charge on any atom is 0.317 e. The number of Topliss-reactive ketones (excluding diaryl/α,β-unsaturated/α-hetero) is 3. The Bertz CT molecular complexity index is 3510. The van der Waals surface area contributed by atoms with Crippen LogP contribution >= 0.6 is 0 Å². The van der Waals surface area contributed by atoms with E-state index in [1.807, 2.05) is 12.1 Å². The molecule has 2 heterocycles. The Morgan fingerprint density at radius 2 is 0.922 bits per heavy atom. The van der Waals surface area contributed by atoms with Crippen LogP contribution in [0.25, 0.3) is 21.8 Å². The van der Waals surface area contributed by atoms with E-state index in [1.54, 1.807) is 114 Å². The Morgan fingerprint density at radius 3 is 1.31 bits per heavy atom. The lowest BCUT2D eigenvalue weighted by molar-refractivity contribution is -0.148. The molecule has 2 aliphatic rings. The van der Waals surface area contributed by atoms with Gasteiger partial charge in [0, 0.05) is 60.6 Å². The number of ketones is 3. The molecule has 6 aromatic carbocycles. The third-order valence-corrected chi connectivity index (χ3v) is 13.3. The average Bonchev–Trinajstić information content (AvgIpc) is 4.43. The molecule has 77 heavy (non-hydrogen) atoms. The number of nitrogen functional groups attached to an aromatic ring is 1. The van der Waals surface area contributed by atoms with E-state index in [0.29, 0.717) is 88.3 Å². The van der Waals surface area contributed by atoms with Crippen LogP contribution in [-0.2, 0) is 38.4 Å². The number of benzene rings is 6. The first-order valence-electron chi connectivity index (χ1n) is 24.1. The normalized spacial score (nSPS) is 13.4. The molecule has 16 nitrogen and oxygen atoms in total. The highest BCUT2D eigenvalue weighted by Gasteiger charge is 2.56. The molecule has 0 saturated heterocycles. The Kier molecular flexibility index (Phi) is 16.2. The molecule has 8 aromatic rings. The van der Waals surface area contributed by atoms with Gasteiger partial charge in [0.1, 0.15) is 40.0 Å². The van der Waals surface area contributed by atoms with Crippen LogP contribution in [0, 0.1) is 22.5 Å². The summed E-state index contributed by atoms with van der Waals surface area (Å²) in [5, 5.41) is 29.1. The van der Waals surface area contributed by atoms with Gasteiger partial charge in [0.25, 0.3) is 0 Å². The number of carboxylic acid groups (broad SMARTS) is 1. The fourth-order valence-corrected chi connectivity index (χ4v) is 8.50. The predicted molar refractivity (Wildman–Crippen MR) is 280 cm³/mol. The van der Waals surface area contributed by atoms with E-state index < -0.39 is 34.2 Å². The Hall–Kier alpha value is -9.32. The number of halogens is 2. The molecule has 2 fully saturated rings. The van der Waals surface area contributed by atoms with Gasteiger partial charge in [-0.25, -0.2) is 8.78 Å². The van der Waals surface area contributed by atoms with Crippen LogP contribution in [0.1, 0.15) is 42.4 Å². The topological polar surface area (TPSA) is 236 Å². The summed E-state index contributed by atoms with van der Waals surface area (Å²) in [5.74, 6) is 1.09. The number of ether oxygens (including phenoxy) is 6. The van der Waals surface area contributed by atoms with Gasteiger partial charge in [-0.2, -0.15) is 0 Å². The number of fused-ring (bicyclic) bond motifs is 2. The van der Waals surface area contributed by atoms with E-state index in [0.717, 1.165) is 34.0 Å². The standard InChI is InChI=1S/C30H26FNO6.C23H21NO6.C6H6FNO/c1-36-26-16-21-23(17-27(26)37-2)32-12-9-25(21)38-20-6-3-18(4-7-20)14-28(34)30(10-11-30)29(35)15-19-5-8-22(31)24(33)13-19;1-28-19-12-16-17(13-20(19)29-2)24-10-7-18(16)30-15-5-3-14(4-6-15)11-21(25)23(8-9-23)22(26)27;7-4-1-2-5(8)6(9)3-4/h3-9,12-13,16-17,33H,10-11,14-15H2,1-2H3;3-7,10,12-13H,8-9,11H2,1-2H3,(H,26,27);1-3,9H,8H2. The second-order valence-electron chi connectivity index (χ2n) is 18.3. The van der Waals surface area contributed by atoms with Crippen LogP contribution in [0.2, 0.25) is 0 Å². The molecular weight excluding hydrogens is 997 g/mol. The predicted octanol–water partition coefficient (Wildman–Crippen LogP) is 10.7. The summed E-state index contributed by atoms with van der Waals surface area (Å²) in [5.41, 5.74) is 6.59. The van der Waals surface area contributed by atoms with E-state index in [1.165, 1.54) is 24.3 Å². The van der Waals surface area contributed by atoms with Crippen LogP contribution in [0.15, 0.2) is 134 Å². The smallest absolute Gasteiger partial charge is 0.317 e. The zero-order valence-corrected chi connectivity index (χ0v) is 42.3. The molecule has 18 heteroatoms. The first kappa shape index (κ1) is 54.0. The Balaban J connectivity index is 0.000000178. The van der Waals surface area contributed by atoms with Crippen molar-refractivity contribution in [3.8, 4) is 57.5 Å². The number of aliphatic carboxylic acids is 1. The van der Waals surface area contributed by atoms with Crippen molar-refractivity contribution in [2.75, 3.05) is 34.2 Å².